The molecule has 1 aliphatic heterocycles. The molecule has 178 valence electrons. The number of fused-ring (bicyclic) bond motifs is 1. The molecular formula is C26H28N8O. The Hall–Kier alpha value is -4.03. The lowest BCUT2D eigenvalue weighted by Gasteiger charge is -2.31. The Kier molecular flexibility index (Phi) is 6.29. The smallest absolute Gasteiger partial charge is 0.227 e. The van der Waals surface area contributed by atoms with Crippen molar-refractivity contribution >= 4 is 28.6 Å². The van der Waals surface area contributed by atoms with Gasteiger partial charge in [-0.25, -0.2) is 15.0 Å². The molecule has 0 spiro atoms. The zero-order valence-electron chi connectivity index (χ0n) is 20.1. The van der Waals surface area contributed by atoms with E-state index in [9.17, 15) is 0 Å². The van der Waals surface area contributed by atoms with Gasteiger partial charge in [-0.3, -0.25) is 0 Å². The molecule has 35 heavy (non-hydrogen) atoms. The predicted molar refractivity (Wildman–Crippen MR) is 135 cm³/mol. The lowest BCUT2D eigenvalue weighted by Crippen LogP contribution is -2.37. The van der Waals surface area contributed by atoms with Gasteiger partial charge in [-0.15, -0.1) is 0 Å². The van der Waals surface area contributed by atoms with Crippen LogP contribution in [0.25, 0.3) is 11.0 Å². The zero-order valence-corrected chi connectivity index (χ0v) is 20.1. The van der Waals surface area contributed by atoms with E-state index in [2.05, 4.69) is 37.7 Å². The van der Waals surface area contributed by atoms with Crippen molar-refractivity contribution in [2.75, 3.05) is 30.4 Å². The van der Waals surface area contributed by atoms with E-state index in [0.29, 0.717) is 29.3 Å². The molecule has 1 aliphatic rings. The minimum atomic E-state index is 0.0451. The Morgan fingerprint density at radius 1 is 1.09 bits per heavy atom. The quantitative estimate of drug-likeness (QED) is 0.445. The number of aryl methyl sites for hydroxylation is 1. The second kappa shape index (κ2) is 9.68. The van der Waals surface area contributed by atoms with Crippen molar-refractivity contribution in [2.24, 2.45) is 0 Å². The van der Waals surface area contributed by atoms with Crippen LogP contribution in [-0.2, 0) is 4.74 Å². The number of pyridine rings is 1. The topological polar surface area (TPSA) is 105 Å². The number of ether oxygens (including phenoxy) is 1. The van der Waals surface area contributed by atoms with Gasteiger partial charge in [0.15, 0.2) is 0 Å². The molecule has 4 aromatic rings. The number of anilines is 3. The summed E-state index contributed by atoms with van der Waals surface area (Å²) in [5, 5.41) is 12.4. The summed E-state index contributed by atoms with van der Waals surface area (Å²) in [6.45, 7) is 5.87. The third kappa shape index (κ3) is 4.66. The number of nitrogens with one attached hydrogen (secondary N) is 1. The first-order valence-electron chi connectivity index (χ1n) is 11.8. The molecule has 1 fully saturated rings. The highest BCUT2D eigenvalue weighted by molar-refractivity contribution is 5.79. The molecule has 3 aromatic heterocycles. The van der Waals surface area contributed by atoms with Gasteiger partial charge < -0.3 is 19.5 Å². The fourth-order valence-electron chi connectivity index (χ4n) is 4.65. The van der Waals surface area contributed by atoms with Crippen LogP contribution in [0.1, 0.15) is 42.8 Å². The number of nitriles is 1. The summed E-state index contributed by atoms with van der Waals surface area (Å²) in [5.41, 5.74) is 3.57. The van der Waals surface area contributed by atoms with Crippen molar-refractivity contribution in [1.29, 1.82) is 5.26 Å². The van der Waals surface area contributed by atoms with Crippen molar-refractivity contribution in [3.05, 3.63) is 65.7 Å². The molecule has 1 aromatic carbocycles. The SMILES string of the molecule is COC1CCN(c2nccc(Nc3cc4c(cn3)nc(C)n4C(C)c3ccc(C#N)cc3)n2)CC1. The van der Waals surface area contributed by atoms with Crippen LogP contribution >= 0.6 is 0 Å². The third-order valence-corrected chi connectivity index (χ3v) is 6.62. The molecule has 1 unspecified atom stereocenters. The molecule has 9 nitrogen and oxygen atoms in total. The highest BCUT2D eigenvalue weighted by Gasteiger charge is 2.21. The number of hydrogen-bond acceptors (Lipinski definition) is 8. The van der Waals surface area contributed by atoms with E-state index < -0.39 is 0 Å². The van der Waals surface area contributed by atoms with E-state index in [1.54, 1.807) is 19.5 Å². The van der Waals surface area contributed by atoms with Crippen LogP contribution in [0.4, 0.5) is 17.6 Å². The lowest BCUT2D eigenvalue weighted by molar-refractivity contribution is 0.0816. The van der Waals surface area contributed by atoms with Crippen molar-refractivity contribution in [1.82, 2.24) is 24.5 Å². The molecule has 0 bridgehead atoms. The van der Waals surface area contributed by atoms with Gasteiger partial charge >= 0.3 is 0 Å². The normalized spacial score (nSPS) is 15.2. The number of hydrogen-bond donors (Lipinski definition) is 1. The largest absolute Gasteiger partial charge is 0.381 e. The molecule has 0 aliphatic carbocycles. The van der Waals surface area contributed by atoms with E-state index >= 15 is 0 Å². The molecule has 9 heteroatoms. The maximum absolute atomic E-state index is 9.10. The minimum absolute atomic E-state index is 0.0451. The standard InChI is InChI=1S/C26H28N8O/c1-17(20-6-4-19(15-27)5-7-20)34-18(2)30-22-16-29-25(14-23(22)34)31-24-8-11-28-26(32-24)33-12-9-21(35-3)10-13-33/h4-8,11,14,16-17,21H,9-10,12-13H2,1-3H3,(H,28,29,31,32). The molecule has 0 radical (unpaired) electrons. The molecule has 4 heterocycles. The summed E-state index contributed by atoms with van der Waals surface area (Å²) in [5.74, 6) is 2.99. The highest BCUT2D eigenvalue weighted by Crippen LogP contribution is 2.28. The molecule has 0 saturated carbocycles. The third-order valence-electron chi connectivity index (χ3n) is 6.62. The van der Waals surface area contributed by atoms with Gasteiger partial charge in [0.1, 0.15) is 23.0 Å². The number of imidazole rings is 1. The summed E-state index contributed by atoms with van der Waals surface area (Å²) >= 11 is 0. The summed E-state index contributed by atoms with van der Waals surface area (Å²) in [4.78, 5) is 20.7. The van der Waals surface area contributed by atoms with Crippen LogP contribution in [0.15, 0.2) is 48.8 Å². The summed E-state index contributed by atoms with van der Waals surface area (Å²) in [6.07, 6.45) is 5.80. The van der Waals surface area contributed by atoms with Crippen molar-refractivity contribution in [3.8, 4) is 6.07 Å². The molecule has 1 atom stereocenters. The Bertz CT molecular complexity index is 1370. The van der Waals surface area contributed by atoms with E-state index in [1.165, 1.54) is 0 Å². The first-order valence-corrected chi connectivity index (χ1v) is 11.8. The zero-order chi connectivity index (χ0) is 24.4. The van der Waals surface area contributed by atoms with Crippen molar-refractivity contribution in [3.63, 3.8) is 0 Å². The Balaban J connectivity index is 1.40. The Morgan fingerprint density at radius 3 is 2.57 bits per heavy atom. The number of piperidine rings is 1. The number of methoxy groups -OCH3 is 1. The number of benzene rings is 1. The molecule has 1 saturated heterocycles. The van der Waals surface area contributed by atoms with Gasteiger partial charge in [-0.05, 0) is 50.5 Å². The van der Waals surface area contributed by atoms with Gasteiger partial charge in [-0.2, -0.15) is 10.2 Å². The second-order valence-corrected chi connectivity index (χ2v) is 8.79. The van der Waals surface area contributed by atoms with Gasteiger partial charge in [0.2, 0.25) is 5.95 Å². The molecular weight excluding hydrogens is 440 g/mol. The van der Waals surface area contributed by atoms with Crippen LogP contribution in [0.5, 0.6) is 0 Å². The maximum Gasteiger partial charge on any atom is 0.227 e. The first kappa shape index (κ1) is 22.7. The number of rotatable bonds is 6. The van der Waals surface area contributed by atoms with Crippen LogP contribution < -0.4 is 10.2 Å². The van der Waals surface area contributed by atoms with Gasteiger partial charge in [0.25, 0.3) is 0 Å². The molecule has 1 N–H and O–H groups in total. The van der Waals surface area contributed by atoms with Crippen LogP contribution in [0, 0.1) is 18.3 Å². The summed E-state index contributed by atoms with van der Waals surface area (Å²) in [7, 11) is 1.77. The second-order valence-electron chi connectivity index (χ2n) is 8.79. The molecule has 5 rings (SSSR count). The van der Waals surface area contributed by atoms with E-state index in [4.69, 9.17) is 20.0 Å². The maximum atomic E-state index is 9.10. The average Bonchev–Trinajstić information content (AvgIpc) is 3.23. The average molecular weight is 469 g/mol. The van der Waals surface area contributed by atoms with Gasteiger partial charge in [0.05, 0.1) is 35.5 Å². The van der Waals surface area contributed by atoms with Crippen LogP contribution in [-0.4, -0.2) is 50.8 Å². The van der Waals surface area contributed by atoms with E-state index in [1.807, 2.05) is 43.3 Å². The van der Waals surface area contributed by atoms with Crippen molar-refractivity contribution in [2.45, 2.75) is 38.8 Å². The highest BCUT2D eigenvalue weighted by atomic mass is 16.5. The fourth-order valence-corrected chi connectivity index (χ4v) is 4.65. The summed E-state index contributed by atoms with van der Waals surface area (Å²) < 4.78 is 7.66. The number of aromatic nitrogens is 5. The molecule has 0 amide bonds. The minimum Gasteiger partial charge on any atom is -0.381 e. The van der Waals surface area contributed by atoms with Crippen LogP contribution in [0.3, 0.4) is 0 Å². The Labute approximate surface area is 204 Å². The predicted octanol–water partition coefficient (Wildman–Crippen LogP) is 4.37. The first-order chi connectivity index (χ1) is 17.1. The van der Waals surface area contributed by atoms with Gasteiger partial charge in [-0.1, -0.05) is 12.1 Å². The van der Waals surface area contributed by atoms with E-state index in [-0.39, 0.29) is 6.04 Å². The van der Waals surface area contributed by atoms with E-state index in [0.717, 1.165) is 48.4 Å². The van der Waals surface area contributed by atoms with Crippen molar-refractivity contribution < 1.29 is 4.74 Å². The van der Waals surface area contributed by atoms with Crippen LogP contribution in [0.2, 0.25) is 0 Å². The summed E-state index contributed by atoms with van der Waals surface area (Å²) in [6, 6.07) is 13.7. The Morgan fingerprint density at radius 2 is 1.86 bits per heavy atom. The van der Waals surface area contributed by atoms with Gasteiger partial charge in [0, 0.05) is 32.5 Å². The lowest BCUT2D eigenvalue weighted by atomic mass is 10.1. The number of nitrogens with zero attached hydrogens (tertiary/aromatic N) is 7. The fraction of sp³-hybridized carbons (Fsp3) is 0.346. The monoisotopic (exact) mass is 468 g/mol.